The number of carbonyl (C=O) groups is 1. The van der Waals surface area contributed by atoms with E-state index in [0.29, 0.717) is 11.8 Å². The second kappa shape index (κ2) is 5.60. The van der Waals surface area contributed by atoms with Crippen molar-refractivity contribution in [2.24, 2.45) is 11.8 Å². The van der Waals surface area contributed by atoms with Gasteiger partial charge < -0.3 is 5.11 Å². The molecule has 0 aromatic heterocycles. The summed E-state index contributed by atoms with van der Waals surface area (Å²) in [6, 6.07) is 0. The van der Waals surface area contributed by atoms with Crippen LogP contribution < -0.4 is 0 Å². The van der Waals surface area contributed by atoms with Gasteiger partial charge in [-0.15, -0.1) is 0 Å². The third kappa shape index (κ3) is 2.71. The van der Waals surface area contributed by atoms with Crippen molar-refractivity contribution in [2.75, 3.05) is 13.1 Å². The second-order valence-corrected chi connectivity index (χ2v) is 6.62. The number of likely N-dealkylation sites (tertiary alicyclic amines) is 1. The van der Waals surface area contributed by atoms with Crippen molar-refractivity contribution in [1.82, 2.24) is 4.90 Å². The fourth-order valence-corrected chi connectivity index (χ4v) is 3.99. The Morgan fingerprint density at radius 2 is 2.00 bits per heavy atom. The van der Waals surface area contributed by atoms with Crippen LogP contribution in [0, 0.1) is 11.8 Å². The molecule has 1 saturated carbocycles. The third-order valence-corrected chi connectivity index (χ3v) is 4.74. The van der Waals surface area contributed by atoms with Gasteiger partial charge in [-0.2, -0.15) is 0 Å². The maximum absolute atomic E-state index is 11.9. The van der Waals surface area contributed by atoms with Crippen LogP contribution >= 0.6 is 0 Å². The molecule has 2 aliphatic rings. The number of hydrogen-bond donors (Lipinski definition) is 1. The van der Waals surface area contributed by atoms with E-state index in [0.717, 1.165) is 32.4 Å². The molecular weight excluding hydrogens is 226 g/mol. The maximum Gasteiger partial charge on any atom is 0.324 e. The van der Waals surface area contributed by atoms with Crippen LogP contribution in [0.25, 0.3) is 0 Å². The van der Waals surface area contributed by atoms with Crippen LogP contribution in [0.2, 0.25) is 0 Å². The van der Waals surface area contributed by atoms with E-state index < -0.39 is 11.5 Å². The zero-order chi connectivity index (χ0) is 13.2. The Morgan fingerprint density at radius 1 is 1.33 bits per heavy atom. The zero-order valence-electron chi connectivity index (χ0n) is 11.8. The topological polar surface area (TPSA) is 40.5 Å². The van der Waals surface area contributed by atoms with Crippen molar-refractivity contribution in [1.29, 1.82) is 0 Å². The summed E-state index contributed by atoms with van der Waals surface area (Å²) in [7, 11) is 0. The molecule has 2 unspecified atom stereocenters. The van der Waals surface area contributed by atoms with Crippen LogP contribution in [-0.4, -0.2) is 34.6 Å². The minimum Gasteiger partial charge on any atom is -0.480 e. The van der Waals surface area contributed by atoms with E-state index in [2.05, 4.69) is 18.7 Å². The fraction of sp³-hybridized carbons (Fsp3) is 0.933. The molecule has 0 aromatic carbocycles. The Labute approximate surface area is 111 Å². The molecule has 3 nitrogen and oxygen atoms in total. The lowest BCUT2D eigenvalue weighted by Gasteiger charge is -2.44. The molecule has 0 amide bonds. The SMILES string of the molecule is CC(C)CC1CCCC(C(=O)O)(N2CCCC2)C1. The summed E-state index contributed by atoms with van der Waals surface area (Å²) in [5, 5.41) is 9.76. The lowest BCUT2D eigenvalue weighted by Crippen LogP contribution is -2.56. The van der Waals surface area contributed by atoms with Gasteiger partial charge in [0, 0.05) is 0 Å². The van der Waals surface area contributed by atoms with Crippen molar-refractivity contribution in [3.63, 3.8) is 0 Å². The fourth-order valence-electron chi connectivity index (χ4n) is 3.99. The average Bonchev–Trinajstić information content (AvgIpc) is 2.81. The molecule has 2 atom stereocenters. The average molecular weight is 253 g/mol. The first-order valence-electron chi connectivity index (χ1n) is 7.53. The minimum absolute atomic E-state index is 0.533. The molecule has 1 heterocycles. The van der Waals surface area contributed by atoms with Crippen LogP contribution in [0.15, 0.2) is 0 Å². The van der Waals surface area contributed by atoms with Crippen molar-refractivity contribution in [2.45, 2.75) is 64.3 Å². The van der Waals surface area contributed by atoms with E-state index in [1.807, 2.05) is 0 Å². The van der Waals surface area contributed by atoms with Crippen molar-refractivity contribution in [3.8, 4) is 0 Å². The van der Waals surface area contributed by atoms with Gasteiger partial charge in [-0.1, -0.05) is 26.7 Å². The molecule has 0 spiro atoms. The summed E-state index contributed by atoms with van der Waals surface area (Å²) in [6.07, 6.45) is 7.56. The van der Waals surface area contributed by atoms with Gasteiger partial charge in [0.1, 0.15) is 5.54 Å². The van der Waals surface area contributed by atoms with E-state index >= 15 is 0 Å². The zero-order valence-corrected chi connectivity index (χ0v) is 11.8. The van der Waals surface area contributed by atoms with Crippen molar-refractivity contribution >= 4 is 5.97 Å². The molecule has 1 saturated heterocycles. The van der Waals surface area contributed by atoms with Crippen LogP contribution in [0.5, 0.6) is 0 Å². The number of carboxylic acid groups (broad SMARTS) is 1. The molecule has 1 aliphatic heterocycles. The molecule has 104 valence electrons. The largest absolute Gasteiger partial charge is 0.480 e. The number of carboxylic acids is 1. The normalized spacial score (nSPS) is 34.1. The van der Waals surface area contributed by atoms with Crippen LogP contribution in [0.3, 0.4) is 0 Å². The first-order chi connectivity index (χ1) is 8.54. The first-order valence-corrected chi connectivity index (χ1v) is 7.53. The smallest absolute Gasteiger partial charge is 0.324 e. The highest BCUT2D eigenvalue weighted by atomic mass is 16.4. The highest BCUT2D eigenvalue weighted by molar-refractivity contribution is 5.79. The lowest BCUT2D eigenvalue weighted by molar-refractivity contribution is -0.155. The molecule has 2 rings (SSSR count). The Bertz CT molecular complexity index is 297. The Morgan fingerprint density at radius 3 is 2.56 bits per heavy atom. The predicted octanol–water partition coefficient (Wildman–Crippen LogP) is 3.14. The van der Waals surface area contributed by atoms with Gasteiger partial charge in [-0.25, -0.2) is 0 Å². The lowest BCUT2D eigenvalue weighted by atomic mass is 9.72. The molecule has 2 fully saturated rings. The van der Waals surface area contributed by atoms with Gasteiger partial charge in [0.2, 0.25) is 0 Å². The van der Waals surface area contributed by atoms with E-state index in [4.69, 9.17) is 0 Å². The van der Waals surface area contributed by atoms with Crippen molar-refractivity contribution in [3.05, 3.63) is 0 Å². The van der Waals surface area contributed by atoms with Gasteiger partial charge in [0.05, 0.1) is 0 Å². The third-order valence-electron chi connectivity index (χ3n) is 4.74. The highest BCUT2D eigenvalue weighted by Crippen LogP contribution is 2.41. The van der Waals surface area contributed by atoms with Gasteiger partial charge in [0.15, 0.2) is 0 Å². The van der Waals surface area contributed by atoms with E-state index in [9.17, 15) is 9.90 Å². The predicted molar refractivity (Wildman–Crippen MR) is 72.6 cm³/mol. The van der Waals surface area contributed by atoms with Gasteiger partial charge in [0.25, 0.3) is 0 Å². The number of hydrogen-bond acceptors (Lipinski definition) is 2. The van der Waals surface area contributed by atoms with Crippen LogP contribution in [0.4, 0.5) is 0 Å². The molecule has 0 bridgehead atoms. The molecule has 1 aliphatic carbocycles. The summed E-state index contributed by atoms with van der Waals surface area (Å²) in [5.41, 5.74) is -0.533. The number of rotatable bonds is 4. The van der Waals surface area contributed by atoms with Gasteiger partial charge >= 0.3 is 5.97 Å². The first kappa shape index (κ1) is 13.9. The summed E-state index contributed by atoms with van der Waals surface area (Å²) in [4.78, 5) is 14.1. The quantitative estimate of drug-likeness (QED) is 0.836. The number of aliphatic carboxylic acids is 1. The van der Waals surface area contributed by atoms with Gasteiger partial charge in [-0.05, 0) is 57.0 Å². The number of nitrogens with zero attached hydrogens (tertiary/aromatic N) is 1. The summed E-state index contributed by atoms with van der Waals surface area (Å²) in [6.45, 7) is 6.46. The summed E-state index contributed by atoms with van der Waals surface area (Å²) >= 11 is 0. The minimum atomic E-state index is -0.571. The summed E-state index contributed by atoms with van der Waals surface area (Å²) < 4.78 is 0. The summed E-state index contributed by atoms with van der Waals surface area (Å²) in [5.74, 6) is 0.714. The molecule has 0 radical (unpaired) electrons. The maximum atomic E-state index is 11.9. The molecule has 0 aromatic rings. The molecule has 3 heteroatoms. The Hall–Kier alpha value is -0.570. The van der Waals surface area contributed by atoms with Gasteiger partial charge in [-0.3, -0.25) is 9.69 Å². The Kier molecular flexibility index (Phi) is 4.31. The monoisotopic (exact) mass is 253 g/mol. The molecule has 1 N–H and O–H groups in total. The Balaban J connectivity index is 2.11. The standard InChI is InChI=1S/C15H27NO2/c1-12(2)10-13-6-5-7-15(11-13,14(17)18)16-8-3-4-9-16/h12-13H,3-11H2,1-2H3,(H,17,18). The highest BCUT2D eigenvalue weighted by Gasteiger charge is 2.48. The van der Waals surface area contributed by atoms with Crippen LogP contribution in [0.1, 0.15) is 58.8 Å². The second-order valence-electron chi connectivity index (χ2n) is 6.62. The van der Waals surface area contributed by atoms with Crippen molar-refractivity contribution < 1.29 is 9.90 Å². The van der Waals surface area contributed by atoms with E-state index in [1.165, 1.54) is 25.7 Å². The van der Waals surface area contributed by atoms with Crippen LogP contribution in [-0.2, 0) is 4.79 Å². The molecule has 18 heavy (non-hydrogen) atoms. The van der Waals surface area contributed by atoms with E-state index in [1.54, 1.807) is 0 Å². The molecular formula is C15H27NO2. The van der Waals surface area contributed by atoms with E-state index in [-0.39, 0.29) is 0 Å².